The summed E-state index contributed by atoms with van der Waals surface area (Å²) in [5, 5.41) is 3.38. The van der Waals surface area contributed by atoms with Crippen molar-refractivity contribution in [3.8, 4) is 11.5 Å². The van der Waals surface area contributed by atoms with Crippen molar-refractivity contribution in [2.75, 3.05) is 26.1 Å². The number of nitrogens with zero attached hydrogens (tertiary/aromatic N) is 1. The number of benzene rings is 3. The molecule has 0 aliphatic rings. The van der Waals surface area contributed by atoms with Crippen molar-refractivity contribution in [1.82, 2.24) is 4.90 Å². The number of carbonyl (C=O) groups excluding carboxylic acids is 2. The maximum atomic E-state index is 12.6. The van der Waals surface area contributed by atoms with Gasteiger partial charge in [-0.25, -0.2) is 0 Å². The van der Waals surface area contributed by atoms with Gasteiger partial charge in [0.25, 0.3) is 11.8 Å². The number of rotatable bonds is 8. The summed E-state index contributed by atoms with van der Waals surface area (Å²) in [5.41, 5.74) is 2.10. The molecule has 31 heavy (non-hydrogen) atoms. The van der Waals surface area contributed by atoms with Gasteiger partial charge in [-0.05, 0) is 54.1 Å². The van der Waals surface area contributed by atoms with Gasteiger partial charge in [-0.15, -0.1) is 0 Å². The molecule has 0 atom stereocenters. The first-order valence-corrected chi connectivity index (χ1v) is 9.99. The Morgan fingerprint density at radius 3 is 2.42 bits per heavy atom. The Bertz CT molecular complexity index is 1050. The van der Waals surface area contributed by atoms with Crippen molar-refractivity contribution in [2.24, 2.45) is 0 Å². The third-order valence-corrected chi connectivity index (χ3v) is 4.72. The number of nitrogens with one attached hydrogen (secondary N) is 1. The lowest BCUT2D eigenvalue weighted by Crippen LogP contribution is -2.26. The number of carbonyl (C=O) groups is 2. The van der Waals surface area contributed by atoms with E-state index in [1.165, 1.54) is 0 Å². The van der Waals surface area contributed by atoms with Crippen LogP contribution >= 0.6 is 11.6 Å². The summed E-state index contributed by atoms with van der Waals surface area (Å²) >= 11 is 6.00. The molecule has 3 rings (SSSR count). The second-order valence-corrected chi connectivity index (χ2v) is 7.32. The third kappa shape index (κ3) is 6.49. The highest BCUT2D eigenvalue weighted by atomic mass is 35.5. The summed E-state index contributed by atoms with van der Waals surface area (Å²) in [5.74, 6) is 0.728. The Morgan fingerprint density at radius 2 is 1.71 bits per heavy atom. The fourth-order valence-corrected chi connectivity index (χ4v) is 3.15. The van der Waals surface area contributed by atoms with E-state index in [9.17, 15) is 9.59 Å². The highest BCUT2D eigenvalue weighted by Gasteiger charge is 2.13. The zero-order valence-corrected chi connectivity index (χ0v) is 18.1. The lowest BCUT2D eigenvalue weighted by molar-refractivity contribution is -0.118. The Morgan fingerprint density at radius 1 is 0.968 bits per heavy atom. The van der Waals surface area contributed by atoms with Crippen LogP contribution in [0.2, 0.25) is 5.02 Å². The molecule has 1 N–H and O–H groups in total. The first-order valence-electron chi connectivity index (χ1n) is 9.61. The molecule has 0 unspecified atom stereocenters. The molecule has 0 bridgehead atoms. The van der Waals surface area contributed by atoms with Gasteiger partial charge in [0.2, 0.25) is 0 Å². The lowest BCUT2D eigenvalue weighted by atomic mass is 10.1. The van der Waals surface area contributed by atoms with Crippen LogP contribution in [0.5, 0.6) is 11.5 Å². The molecular weight excluding hydrogens is 416 g/mol. The largest absolute Gasteiger partial charge is 0.497 e. The van der Waals surface area contributed by atoms with Crippen LogP contribution < -0.4 is 14.8 Å². The van der Waals surface area contributed by atoms with E-state index in [0.29, 0.717) is 34.3 Å². The summed E-state index contributed by atoms with van der Waals surface area (Å²) in [4.78, 5) is 26.4. The van der Waals surface area contributed by atoms with Gasteiger partial charge in [-0.3, -0.25) is 9.59 Å². The number of amides is 2. The van der Waals surface area contributed by atoms with Gasteiger partial charge in [0, 0.05) is 35.9 Å². The van der Waals surface area contributed by atoms with Crippen LogP contribution in [0.1, 0.15) is 15.9 Å². The van der Waals surface area contributed by atoms with Gasteiger partial charge < -0.3 is 19.7 Å². The van der Waals surface area contributed by atoms with E-state index in [-0.39, 0.29) is 18.4 Å². The topological polar surface area (TPSA) is 67.9 Å². The zero-order chi connectivity index (χ0) is 22.2. The van der Waals surface area contributed by atoms with Crippen LogP contribution in [-0.2, 0) is 11.3 Å². The van der Waals surface area contributed by atoms with Gasteiger partial charge in [0.15, 0.2) is 6.61 Å². The van der Waals surface area contributed by atoms with Crippen molar-refractivity contribution in [2.45, 2.75) is 6.54 Å². The van der Waals surface area contributed by atoms with Crippen molar-refractivity contribution in [3.05, 3.63) is 88.9 Å². The fraction of sp³-hybridized carbons (Fsp3) is 0.167. The normalized spacial score (nSPS) is 10.3. The Balaban J connectivity index is 1.52. The Kier molecular flexibility index (Phi) is 7.51. The van der Waals surface area contributed by atoms with E-state index < -0.39 is 0 Å². The highest BCUT2D eigenvalue weighted by molar-refractivity contribution is 6.30. The molecule has 3 aromatic rings. The molecule has 6 nitrogen and oxygen atoms in total. The van der Waals surface area contributed by atoms with Gasteiger partial charge in [0.1, 0.15) is 11.5 Å². The van der Waals surface area contributed by atoms with E-state index in [2.05, 4.69) is 5.32 Å². The Labute approximate surface area is 186 Å². The molecule has 0 saturated carbocycles. The molecule has 160 valence electrons. The smallest absolute Gasteiger partial charge is 0.262 e. The highest BCUT2D eigenvalue weighted by Crippen LogP contribution is 2.18. The molecule has 0 saturated heterocycles. The summed E-state index contributed by atoms with van der Waals surface area (Å²) < 4.78 is 10.6. The monoisotopic (exact) mass is 438 g/mol. The number of hydrogen-bond acceptors (Lipinski definition) is 4. The maximum absolute atomic E-state index is 12.6. The predicted molar refractivity (Wildman–Crippen MR) is 121 cm³/mol. The molecule has 0 aliphatic heterocycles. The molecule has 0 spiro atoms. The second kappa shape index (κ2) is 10.5. The summed E-state index contributed by atoms with van der Waals surface area (Å²) in [6.07, 6.45) is 0. The minimum atomic E-state index is -0.297. The van der Waals surface area contributed by atoms with Crippen molar-refractivity contribution in [1.29, 1.82) is 0 Å². The minimum absolute atomic E-state index is 0.123. The fourth-order valence-electron chi connectivity index (χ4n) is 2.94. The van der Waals surface area contributed by atoms with Crippen LogP contribution in [0.4, 0.5) is 5.69 Å². The second-order valence-electron chi connectivity index (χ2n) is 6.88. The van der Waals surface area contributed by atoms with Crippen molar-refractivity contribution >= 4 is 29.1 Å². The number of hydrogen-bond donors (Lipinski definition) is 1. The molecule has 0 radical (unpaired) electrons. The SMILES string of the molecule is COc1cccc(NC(=O)COc2ccc(C(=O)N(C)Cc3cccc(Cl)c3)cc2)c1. The molecule has 0 fully saturated rings. The van der Waals surface area contributed by atoms with E-state index in [0.717, 1.165) is 5.56 Å². The van der Waals surface area contributed by atoms with Crippen molar-refractivity contribution in [3.63, 3.8) is 0 Å². The van der Waals surface area contributed by atoms with Crippen LogP contribution in [-0.4, -0.2) is 37.5 Å². The number of anilines is 1. The molecule has 3 aromatic carbocycles. The standard InChI is InChI=1S/C24H23ClN2O4/c1-27(15-17-5-3-6-19(25)13-17)24(29)18-9-11-21(12-10-18)31-16-23(28)26-20-7-4-8-22(14-20)30-2/h3-14H,15-16H2,1-2H3,(H,26,28). The van der Waals surface area contributed by atoms with E-state index in [1.54, 1.807) is 73.7 Å². The quantitative estimate of drug-likeness (QED) is 0.556. The van der Waals surface area contributed by atoms with Gasteiger partial charge in [-0.1, -0.05) is 29.8 Å². The van der Waals surface area contributed by atoms with Gasteiger partial charge >= 0.3 is 0 Å². The predicted octanol–water partition coefficient (Wildman–Crippen LogP) is 4.64. The molecule has 7 heteroatoms. The van der Waals surface area contributed by atoms with Crippen LogP contribution in [0.25, 0.3) is 0 Å². The first-order chi connectivity index (χ1) is 14.9. The summed E-state index contributed by atoms with van der Waals surface area (Å²) in [6.45, 7) is 0.293. The summed E-state index contributed by atoms with van der Waals surface area (Å²) in [6, 6.07) is 21.1. The van der Waals surface area contributed by atoms with Crippen LogP contribution in [0.3, 0.4) is 0 Å². The molecule has 0 aliphatic carbocycles. The average Bonchev–Trinajstić information content (AvgIpc) is 2.77. The first kappa shape index (κ1) is 22.2. The minimum Gasteiger partial charge on any atom is -0.497 e. The molecule has 0 aromatic heterocycles. The number of halogens is 1. The van der Waals surface area contributed by atoms with Gasteiger partial charge in [-0.2, -0.15) is 0 Å². The van der Waals surface area contributed by atoms with Gasteiger partial charge in [0.05, 0.1) is 7.11 Å². The van der Waals surface area contributed by atoms with Crippen LogP contribution in [0.15, 0.2) is 72.8 Å². The average molecular weight is 439 g/mol. The molecule has 2 amide bonds. The number of methoxy groups -OCH3 is 1. The zero-order valence-electron chi connectivity index (χ0n) is 17.3. The molecule has 0 heterocycles. The van der Waals surface area contributed by atoms with E-state index in [4.69, 9.17) is 21.1 Å². The van der Waals surface area contributed by atoms with Crippen molar-refractivity contribution < 1.29 is 19.1 Å². The maximum Gasteiger partial charge on any atom is 0.262 e. The lowest BCUT2D eigenvalue weighted by Gasteiger charge is -2.17. The third-order valence-electron chi connectivity index (χ3n) is 4.48. The Hall–Kier alpha value is -3.51. The summed E-state index contributed by atoms with van der Waals surface area (Å²) in [7, 11) is 3.30. The van der Waals surface area contributed by atoms with E-state index in [1.807, 2.05) is 18.2 Å². The van der Waals surface area contributed by atoms with Crippen LogP contribution in [0, 0.1) is 0 Å². The molecular formula is C24H23ClN2O4. The number of ether oxygens (including phenoxy) is 2. The van der Waals surface area contributed by atoms with E-state index >= 15 is 0 Å².